The largest absolute Gasteiger partial charge is 0.478 e. The Labute approximate surface area is 214 Å². The molecule has 1 unspecified atom stereocenters. The Morgan fingerprint density at radius 1 is 1.11 bits per heavy atom. The second-order valence-corrected chi connectivity index (χ2v) is 9.86. The Morgan fingerprint density at radius 3 is 2.59 bits per heavy atom. The number of ether oxygens (including phenoxy) is 1. The Hall–Kier alpha value is -4.04. The van der Waals surface area contributed by atoms with Crippen LogP contribution in [0.1, 0.15) is 46.9 Å². The van der Waals surface area contributed by atoms with Crippen LogP contribution in [0.15, 0.2) is 60.8 Å². The predicted molar refractivity (Wildman–Crippen MR) is 142 cm³/mol. The molecular weight excluding hydrogens is 466 g/mol. The van der Waals surface area contributed by atoms with E-state index in [1.54, 1.807) is 16.8 Å². The Kier molecular flexibility index (Phi) is 5.96. The van der Waals surface area contributed by atoms with Gasteiger partial charge in [0.25, 0.3) is 0 Å². The SMILES string of the molecule is Cc1nnn(C)c1-c1cnc2c3ccc(C(=O)O)cc3n(C(CC3CCOCC3)c3ccccc3)c2c1. The molecule has 0 bridgehead atoms. The molecule has 6 rings (SSSR count). The van der Waals surface area contributed by atoms with Crippen molar-refractivity contribution in [2.75, 3.05) is 13.2 Å². The molecule has 8 nitrogen and oxygen atoms in total. The van der Waals surface area contributed by atoms with Crippen molar-refractivity contribution in [3.63, 3.8) is 0 Å². The smallest absolute Gasteiger partial charge is 0.335 e. The number of aryl methyl sites for hydroxylation is 2. The van der Waals surface area contributed by atoms with Crippen molar-refractivity contribution >= 4 is 27.9 Å². The van der Waals surface area contributed by atoms with E-state index in [0.717, 1.165) is 71.4 Å². The molecule has 1 saturated heterocycles. The van der Waals surface area contributed by atoms with Gasteiger partial charge in [0.2, 0.25) is 0 Å². The maximum absolute atomic E-state index is 12.0. The van der Waals surface area contributed by atoms with Crippen molar-refractivity contribution in [2.45, 2.75) is 32.2 Å². The Bertz CT molecular complexity index is 1580. The number of pyridine rings is 1. The quantitative estimate of drug-likeness (QED) is 0.339. The zero-order valence-electron chi connectivity index (χ0n) is 21.0. The van der Waals surface area contributed by atoms with Gasteiger partial charge in [0, 0.05) is 37.4 Å². The average Bonchev–Trinajstić information content (AvgIpc) is 3.43. The second kappa shape index (κ2) is 9.44. The first-order valence-electron chi connectivity index (χ1n) is 12.7. The minimum atomic E-state index is -0.940. The highest BCUT2D eigenvalue weighted by Gasteiger charge is 2.26. The van der Waals surface area contributed by atoms with E-state index in [0.29, 0.717) is 5.92 Å². The number of aromatic nitrogens is 5. The van der Waals surface area contributed by atoms with Gasteiger partial charge in [-0.25, -0.2) is 9.48 Å². The van der Waals surface area contributed by atoms with E-state index < -0.39 is 5.97 Å². The van der Waals surface area contributed by atoms with Crippen LogP contribution in [-0.2, 0) is 11.8 Å². The molecule has 5 aromatic rings. The van der Waals surface area contributed by atoms with Crippen molar-refractivity contribution in [1.29, 1.82) is 0 Å². The van der Waals surface area contributed by atoms with Gasteiger partial charge in [-0.1, -0.05) is 35.5 Å². The summed E-state index contributed by atoms with van der Waals surface area (Å²) in [6.07, 6.45) is 4.83. The van der Waals surface area contributed by atoms with Crippen LogP contribution in [0.2, 0.25) is 0 Å². The first kappa shape index (κ1) is 23.4. The number of benzene rings is 2. The highest BCUT2D eigenvalue weighted by atomic mass is 16.5. The number of nitrogens with zero attached hydrogens (tertiary/aromatic N) is 5. The molecule has 1 aliphatic heterocycles. The van der Waals surface area contributed by atoms with Crippen molar-refractivity contribution in [3.8, 4) is 11.3 Å². The fraction of sp³-hybridized carbons (Fsp3) is 0.310. The summed E-state index contributed by atoms with van der Waals surface area (Å²) in [5.41, 5.74) is 6.84. The van der Waals surface area contributed by atoms with Gasteiger partial charge in [-0.3, -0.25) is 4.98 Å². The summed E-state index contributed by atoms with van der Waals surface area (Å²) < 4.78 is 9.71. The maximum Gasteiger partial charge on any atom is 0.335 e. The summed E-state index contributed by atoms with van der Waals surface area (Å²) >= 11 is 0. The van der Waals surface area contributed by atoms with Crippen molar-refractivity contribution in [2.24, 2.45) is 13.0 Å². The molecule has 1 aliphatic rings. The molecule has 3 aromatic heterocycles. The molecule has 1 N–H and O–H groups in total. The maximum atomic E-state index is 12.0. The molecule has 2 aromatic carbocycles. The normalized spacial score (nSPS) is 15.4. The lowest BCUT2D eigenvalue weighted by atomic mass is 9.89. The molecule has 37 heavy (non-hydrogen) atoms. The third-order valence-electron chi connectivity index (χ3n) is 7.55. The van der Waals surface area contributed by atoms with Crippen molar-refractivity contribution < 1.29 is 14.6 Å². The van der Waals surface area contributed by atoms with Gasteiger partial charge in [-0.15, -0.1) is 5.10 Å². The molecule has 0 spiro atoms. The van der Waals surface area contributed by atoms with Crippen LogP contribution in [0, 0.1) is 12.8 Å². The number of hydrogen-bond donors (Lipinski definition) is 1. The third-order valence-corrected chi connectivity index (χ3v) is 7.55. The lowest BCUT2D eigenvalue weighted by molar-refractivity contribution is 0.0609. The summed E-state index contributed by atoms with van der Waals surface area (Å²) in [5.74, 6) is -0.432. The van der Waals surface area contributed by atoms with Crippen molar-refractivity contribution in [1.82, 2.24) is 24.5 Å². The summed E-state index contributed by atoms with van der Waals surface area (Å²) in [5, 5.41) is 19.2. The summed E-state index contributed by atoms with van der Waals surface area (Å²) in [6, 6.07) is 18.0. The van der Waals surface area contributed by atoms with E-state index in [-0.39, 0.29) is 11.6 Å². The summed E-state index contributed by atoms with van der Waals surface area (Å²) in [4.78, 5) is 16.9. The minimum Gasteiger partial charge on any atom is -0.478 e. The van der Waals surface area contributed by atoms with E-state index in [9.17, 15) is 9.90 Å². The summed E-state index contributed by atoms with van der Waals surface area (Å²) in [7, 11) is 1.88. The fourth-order valence-electron chi connectivity index (χ4n) is 5.72. The standard InChI is InChI=1S/C29H29N5O3/c1-18-28(33(2)32-31-18)22-16-26-27(30-17-22)23-9-8-21(29(35)36)15-25(23)34(26)24(20-6-4-3-5-7-20)14-19-10-12-37-13-11-19/h3-9,15-17,19,24H,10-14H2,1-2H3,(H,35,36). The first-order chi connectivity index (χ1) is 18.0. The van der Waals surface area contributed by atoms with E-state index in [4.69, 9.17) is 9.72 Å². The molecule has 8 heteroatoms. The van der Waals surface area contributed by atoms with Crippen LogP contribution in [0.25, 0.3) is 33.2 Å². The molecule has 4 heterocycles. The Morgan fingerprint density at radius 2 is 1.89 bits per heavy atom. The van der Waals surface area contributed by atoms with Crippen LogP contribution in [0.3, 0.4) is 0 Å². The Balaban J connectivity index is 1.64. The topological polar surface area (TPSA) is 95.1 Å². The van der Waals surface area contributed by atoms with Crippen LogP contribution in [0.4, 0.5) is 0 Å². The number of carboxylic acid groups (broad SMARTS) is 1. The van der Waals surface area contributed by atoms with Gasteiger partial charge >= 0.3 is 5.97 Å². The van der Waals surface area contributed by atoms with E-state index >= 15 is 0 Å². The molecule has 188 valence electrons. The number of aromatic carboxylic acids is 1. The molecule has 0 radical (unpaired) electrons. The second-order valence-electron chi connectivity index (χ2n) is 9.86. The first-order valence-corrected chi connectivity index (χ1v) is 12.7. The molecule has 0 aliphatic carbocycles. The highest BCUT2D eigenvalue weighted by Crippen LogP contribution is 2.39. The molecule has 1 atom stereocenters. The number of carboxylic acids is 1. The zero-order chi connectivity index (χ0) is 25.5. The van der Waals surface area contributed by atoms with E-state index in [1.165, 1.54) is 5.56 Å². The number of rotatable bonds is 6. The van der Waals surface area contributed by atoms with E-state index in [1.807, 2.05) is 32.3 Å². The van der Waals surface area contributed by atoms with Gasteiger partial charge in [0.15, 0.2) is 0 Å². The number of hydrogen-bond acceptors (Lipinski definition) is 5. The van der Waals surface area contributed by atoms with Gasteiger partial charge in [0.1, 0.15) is 0 Å². The van der Waals surface area contributed by atoms with Crippen LogP contribution >= 0.6 is 0 Å². The highest BCUT2D eigenvalue weighted by molar-refractivity contribution is 6.08. The molecule has 0 amide bonds. The molecular formula is C29H29N5O3. The van der Waals surface area contributed by atoms with Crippen LogP contribution < -0.4 is 0 Å². The molecule has 1 fully saturated rings. The van der Waals surface area contributed by atoms with Gasteiger partial charge in [-0.05, 0) is 61.9 Å². The average molecular weight is 496 g/mol. The lowest BCUT2D eigenvalue weighted by Gasteiger charge is -2.29. The summed E-state index contributed by atoms with van der Waals surface area (Å²) in [6.45, 7) is 3.50. The molecule has 0 saturated carbocycles. The third kappa shape index (κ3) is 4.17. The van der Waals surface area contributed by atoms with Crippen molar-refractivity contribution in [3.05, 3.63) is 77.6 Å². The van der Waals surface area contributed by atoms with E-state index in [2.05, 4.69) is 45.2 Å². The number of carbonyl (C=O) groups is 1. The minimum absolute atomic E-state index is 0.0103. The predicted octanol–water partition coefficient (Wildman–Crippen LogP) is 5.40. The fourth-order valence-corrected chi connectivity index (χ4v) is 5.72. The van der Waals surface area contributed by atoms with Gasteiger partial charge in [0.05, 0.1) is 39.5 Å². The lowest BCUT2D eigenvalue weighted by Crippen LogP contribution is -2.21. The number of fused-ring (bicyclic) bond motifs is 3. The van der Waals surface area contributed by atoms with Gasteiger partial charge in [-0.2, -0.15) is 0 Å². The zero-order valence-corrected chi connectivity index (χ0v) is 21.0. The monoisotopic (exact) mass is 495 g/mol. The van der Waals surface area contributed by atoms with Crippen LogP contribution in [0.5, 0.6) is 0 Å². The van der Waals surface area contributed by atoms with Gasteiger partial charge < -0.3 is 14.4 Å². The van der Waals surface area contributed by atoms with Crippen LogP contribution in [-0.4, -0.2) is 48.8 Å².